The molecule has 1 aliphatic rings. The minimum Gasteiger partial charge on any atom is -0.490 e. The Bertz CT molecular complexity index is 645. The Balaban J connectivity index is 1.91. The average molecular weight is 421 g/mol. The van der Waals surface area contributed by atoms with Crippen molar-refractivity contribution in [2.24, 2.45) is 4.99 Å². The molecule has 0 saturated carbocycles. The normalized spacial score (nSPS) is 16.9. The molecule has 0 spiro atoms. The molecule has 0 aliphatic carbocycles. The van der Waals surface area contributed by atoms with Gasteiger partial charge in [0.15, 0.2) is 17.5 Å². The first-order chi connectivity index (χ1) is 14.6. The van der Waals surface area contributed by atoms with E-state index < -0.39 is 0 Å². The molecule has 1 heterocycles. The van der Waals surface area contributed by atoms with E-state index in [2.05, 4.69) is 35.4 Å². The summed E-state index contributed by atoms with van der Waals surface area (Å²) in [6, 6.07) is 6.17. The zero-order valence-electron chi connectivity index (χ0n) is 19.1. The first-order valence-electron chi connectivity index (χ1n) is 11.4. The number of piperidine rings is 1. The molecule has 1 unspecified atom stereocenters. The second kappa shape index (κ2) is 13.3. The van der Waals surface area contributed by atoms with Gasteiger partial charge in [-0.15, -0.1) is 0 Å². The van der Waals surface area contributed by atoms with E-state index in [1.165, 1.54) is 0 Å². The molecular weight excluding hydrogens is 380 g/mol. The van der Waals surface area contributed by atoms with Crippen LogP contribution in [0.3, 0.4) is 0 Å². The molecule has 7 heteroatoms. The van der Waals surface area contributed by atoms with Gasteiger partial charge in [-0.3, -0.25) is 4.99 Å². The maximum atomic E-state index is 9.62. The van der Waals surface area contributed by atoms with Gasteiger partial charge in [0, 0.05) is 26.2 Å². The van der Waals surface area contributed by atoms with Gasteiger partial charge in [-0.2, -0.15) is 0 Å². The van der Waals surface area contributed by atoms with E-state index >= 15 is 0 Å². The van der Waals surface area contributed by atoms with Crippen LogP contribution in [0.25, 0.3) is 0 Å². The first-order valence-corrected chi connectivity index (χ1v) is 11.4. The Morgan fingerprint density at radius 2 is 1.87 bits per heavy atom. The molecule has 3 N–H and O–H groups in total. The molecule has 0 aromatic heterocycles. The minimum atomic E-state index is -0.115. The molecule has 7 nitrogen and oxygen atoms in total. The van der Waals surface area contributed by atoms with E-state index in [-0.39, 0.29) is 12.1 Å². The molecule has 30 heavy (non-hydrogen) atoms. The lowest BCUT2D eigenvalue weighted by molar-refractivity contribution is 0.0824. The molecule has 0 amide bonds. The van der Waals surface area contributed by atoms with Crippen molar-refractivity contribution in [2.45, 2.75) is 59.1 Å². The number of hydrogen-bond acceptors (Lipinski definition) is 5. The zero-order valence-corrected chi connectivity index (χ0v) is 19.1. The summed E-state index contributed by atoms with van der Waals surface area (Å²) < 4.78 is 11.4. The summed E-state index contributed by atoms with van der Waals surface area (Å²) in [6.45, 7) is 14.0. The third kappa shape index (κ3) is 8.03. The Hall–Kier alpha value is -1.99. The molecule has 2 rings (SSSR count). The molecule has 170 valence electrons. The monoisotopic (exact) mass is 420 g/mol. The molecule has 1 fully saturated rings. The molecule has 0 radical (unpaired) electrons. The van der Waals surface area contributed by atoms with Gasteiger partial charge >= 0.3 is 0 Å². The fraction of sp³-hybridized carbons (Fsp3) is 0.696. The van der Waals surface area contributed by atoms with Crippen LogP contribution in [-0.4, -0.2) is 68.0 Å². The zero-order chi connectivity index (χ0) is 21.8. The SMILES string of the molecule is CCNC(=NCCCN1CCC(O)CC1)NC(C)c1ccc(OCC)c(OCC)c1. The molecule has 0 bridgehead atoms. The highest BCUT2D eigenvalue weighted by molar-refractivity contribution is 5.80. The van der Waals surface area contributed by atoms with Crippen LogP contribution in [0.5, 0.6) is 11.5 Å². The van der Waals surface area contributed by atoms with Gasteiger partial charge < -0.3 is 30.1 Å². The van der Waals surface area contributed by atoms with Crippen molar-refractivity contribution in [3.8, 4) is 11.5 Å². The Kier molecular flexibility index (Phi) is 10.8. The summed E-state index contributed by atoms with van der Waals surface area (Å²) >= 11 is 0. The molecule has 1 aromatic carbocycles. The maximum absolute atomic E-state index is 9.62. The lowest BCUT2D eigenvalue weighted by atomic mass is 10.1. The maximum Gasteiger partial charge on any atom is 0.191 e. The number of guanidine groups is 1. The lowest BCUT2D eigenvalue weighted by Crippen LogP contribution is -2.39. The van der Waals surface area contributed by atoms with Crippen molar-refractivity contribution in [1.29, 1.82) is 0 Å². The molecule has 1 aromatic rings. The van der Waals surface area contributed by atoms with Crippen molar-refractivity contribution in [3.05, 3.63) is 23.8 Å². The van der Waals surface area contributed by atoms with Gasteiger partial charge in [-0.25, -0.2) is 0 Å². The molecule has 1 saturated heterocycles. The van der Waals surface area contributed by atoms with E-state index in [1.807, 2.05) is 26.0 Å². The number of aliphatic hydroxyl groups is 1. The number of nitrogens with one attached hydrogen (secondary N) is 2. The number of likely N-dealkylation sites (tertiary alicyclic amines) is 1. The fourth-order valence-corrected chi connectivity index (χ4v) is 3.57. The summed E-state index contributed by atoms with van der Waals surface area (Å²) in [5.41, 5.74) is 1.12. The Morgan fingerprint density at radius 1 is 1.17 bits per heavy atom. The lowest BCUT2D eigenvalue weighted by Gasteiger charge is -2.29. The highest BCUT2D eigenvalue weighted by atomic mass is 16.5. The number of nitrogens with zero attached hydrogens (tertiary/aromatic N) is 2. The highest BCUT2D eigenvalue weighted by Gasteiger charge is 2.16. The molecule has 1 atom stereocenters. The van der Waals surface area contributed by atoms with Crippen molar-refractivity contribution < 1.29 is 14.6 Å². The van der Waals surface area contributed by atoms with Crippen LogP contribution in [-0.2, 0) is 0 Å². The van der Waals surface area contributed by atoms with E-state index in [0.717, 1.165) is 75.0 Å². The topological polar surface area (TPSA) is 78.4 Å². The van der Waals surface area contributed by atoms with Crippen LogP contribution < -0.4 is 20.1 Å². The summed E-state index contributed by atoms with van der Waals surface area (Å²) in [5, 5.41) is 16.4. The summed E-state index contributed by atoms with van der Waals surface area (Å²) in [6.07, 6.45) is 2.67. The van der Waals surface area contributed by atoms with Gasteiger partial charge in [0.05, 0.1) is 25.4 Å². The third-order valence-corrected chi connectivity index (χ3v) is 5.22. The number of rotatable bonds is 11. The summed E-state index contributed by atoms with van der Waals surface area (Å²) in [4.78, 5) is 7.16. The van der Waals surface area contributed by atoms with E-state index in [1.54, 1.807) is 0 Å². The van der Waals surface area contributed by atoms with E-state index in [9.17, 15) is 5.11 Å². The second-order valence-corrected chi connectivity index (χ2v) is 7.63. The third-order valence-electron chi connectivity index (χ3n) is 5.22. The van der Waals surface area contributed by atoms with Crippen LogP contribution in [0, 0.1) is 0 Å². The van der Waals surface area contributed by atoms with Crippen LogP contribution in [0.15, 0.2) is 23.2 Å². The summed E-state index contributed by atoms with van der Waals surface area (Å²) in [5.74, 6) is 2.38. The minimum absolute atomic E-state index is 0.0845. The molecule has 1 aliphatic heterocycles. The largest absolute Gasteiger partial charge is 0.490 e. The second-order valence-electron chi connectivity index (χ2n) is 7.63. The van der Waals surface area contributed by atoms with Crippen LogP contribution in [0.2, 0.25) is 0 Å². The number of aliphatic hydroxyl groups excluding tert-OH is 1. The van der Waals surface area contributed by atoms with E-state index in [0.29, 0.717) is 13.2 Å². The number of benzene rings is 1. The Labute approximate surface area is 181 Å². The van der Waals surface area contributed by atoms with E-state index in [4.69, 9.17) is 14.5 Å². The average Bonchev–Trinajstić information content (AvgIpc) is 2.74. The predicted molar refractivity (Wildman–Crippen MR) is 123 cm³/mol. The van der Waals surface area contributed by atoms with Gasteiger partial charge in [-0.05, 0) is 71.2 Å². The van der Waals surface area contributed by atoms with Crippen LogP contribution in [0.4, 0.5) is 0 Å². The van der Waals surface area contributed by atoms with Gasteiger partial charge in [0.2, 0.25) is 0 Å². The number of ether oxygens (including phenoxy) is 2. The summed E-state index contributed by atoms with van der Waals surface area (Å²) in [7, 11) is 0. The van der Waals surface area contributed by atoms with Crippen molar-refractivity contribution in [2.75, 3.05) is 45.9 Å². The predicted octanol–water partition coefficient (Wildman–Crippen LogP) is 2.95. The van der Waals surface area contributed by atoms with Crippen molar-refractivity contribution >= 4 is 5.96 Å². The number of aliphatic imine (C=N–C) groups is 1. The van der Waals surface area contributed by atoms with Crippen molar-refractivity contribution in [3.63, 3.8) is 0 Å². The van der Waals surface area contributed by atoms with Gasteiger partial charge in [-0.1, -0.05) is 6.07 Å². The van der Waals surface area contributed by atoms with Gasteiger partial charge in [0.25, 0.3) is 0 Å². The first kappa shape index (κ1) is 24.3. The smallest absolute Gasteiger partial charge is 0.191 e. The highest BCUT2D eigenvalue weighted by Crippen LogP contribution is 2.30. The number of hydrogen-bond donors (Lipinski definition) is 3. The molecular formula is C23H40N4O3. The van der Waals surface area contributed by atoms with Crippen LogP contribution in [0.1, 0.15) is 58.6 Å². The van der Waals surface area contributed by atoms with Gasteiger partial charge in [0.1, 0.15) is 0 Å². The Morgan fingerprint density at radius 3 is 2.53 bits per heavy atom. The quantitative estimate of drug-likeness (QED) is 0.290. The standard InChI is InChI=1S/C23H40N4O3/c1-5-24-23(25-13-8-14-27-15-11-20(28)12-16-27)26-18(4)19-9-10-21(29-6-2)22(17-19)30-7-3/h9-10,17-18,20,28H,5-8,11-16H2,1-4H3,(H2,24,25,26). The van der Waals surface area contributed by atoms with Crippen LogP contribution >= 0.6 is 0 Å². The van der Waals surface area contributed by atoms with Crippen molar-refractivity contribution in [1.82, 2.24) is 15.5 Å². The fourth-order valence-electron chi connectivity index (χ4n) is 3.57.